The smallest absolute Gasteiger partial charge is 0.260 e. The Hall–Kier alpha value is -2.70. The quantitative estimate of drug-likeness (QED) is 0.859. The molecule has 0 radical (unpaired) electrons. The van der Waals surface area contributed by atoms with Gasteiger partial charge in [0.05, 0.1) is 5.69 Å². The van der Waals surface area contributed by atoms with E-state index in [9.17, 15) is 9.18 Å². The van der Waals surface area contributed by atoms with Crippen LogP contribution in [-0.4, -0.2) is 47.5 Å². The van der Waals surface area contributed by atoms with Crippen molar-refractivity contribution in [1.29, 1.82) is 0 Å². The van der Waals surface area contributed by atoms with Crippen molar-refractivity contribution < 1.29 is 13.9 Å². The van der Waals surface area contributed by atoms with Gasteiger partial charge in [-0.1, -0.05) is 6.07 Å². The van der Waals surface area contributed by atoms with Crippen LogP contribution in [0.5, 0.6) is 5.75 Å². The summed E-state index contributed by atoms with van der Waals surface area (Å²) in [6.45, 7) is 1.31. The van der Waals surface area contributed by atoms with Gasteiger partial charge >= 0.3 is 0 Å². The number of carbonyl (C=O) groups is 1. The van der Waals surface area contributed by atoms with Gasteiger partial charge in [0.25, 0.3) is 5.91 Å². The summed E-state index contributed by atoms with van der Waals surface area (Å²) in [5, 5.41) is 3.06. The maximum atomic E-state index is 13.2. The van der Waals surface area contributed by atoms with Gasteiger partial charge in [-0.05, 0) is 37.3 Å². The van der Waals surface area contributed by atoms with Crippen LogP contribution in [0, 0.1) is 11.7 Å². The number of aromatic nitrogens is 2. The first-order chi connectivity index (χ1) is 12.7. The van der Waals surface area contributed by atoms with Crippen molar-refractivity contribution in [3.63, 3.8) is 0 Å². The second-order valence-electron chi connectivity index (χ2n) is 6.40. The summed E-state index contributed by atoms with van der Waals surface area (Å²) in [5.41, 5.74) is 0.922. The lowest BCUT2D eigenvalue weighted by atomic mass is 9.93. The molecule has 1 aliphatic rings. The van der Waals surface area contributed by atoms with Crippen LogP contribution < -0.4 is 10.1 Å². The van der Waals surface area contributed by atoms with Crippen molar-refractivity contribution in [3.05, 3.63) is 48.2 Å². The number of ether oxygens (including phenoxy) is 1. The Labute approximate surface area is 152 Å². The molecule has 138 valence electrons. The Morgan fingerprint density at radius 3 is 3.04 bits per heavy atom. The minimum Gasteiger partial charge on any atom is -0.484 e. The van der Waals surface area contributed by atoms with Crippen LogP contribution in [0.1, 0.15) is 18.5 Å². The van der Waals surface area contributed by atoms with Gasteiger partial charge in [0.2, 0.25) is 0 Å². The van der Waals surface area contributed by atoms with Crippen LogP contribution in [0.4, 0.5) is 10.2 Å². The first kappa shape index (κ1) is 18.1. The van der Waals surface area contributed by atoms with E-state index in [-0.39, 0.29) is 18.3 Å². The molecule has 2 heterocycles. The summed E-state index contributed by atoms with van der Waals surface area (Å²) in [6.07, 6.45) is 6.13. The third-order valence-corrected chi connectivity index (χ3v) is 4.52. The number of amides is 1. The molecule has 1 aliphatic heterocycles. The summed E-state index contributed by atoms with van der Waals surface area (Å²) in [4.78, 5) is 23.0. The van der Waals surface area contributed by atoms with Crippen LogP contribution >= 0.6 is 0 Å². The molecule has 7 heteroatoms. The van der Waals surface area contributed by atoms with Crippen molar-refractivity contribution >= 4 is 11.7 Å². The fourth-order valence-electron chi connectivity index (χ4n) is 3.25. The molecule has 0 saturated carbocycles. The molecule has 1 aromatic heterocycles. The predicted molar refractivity (Wildman–Crippen MR) is 96.5 cm³/mol. The number of carbonyl (C=O) groups excluding carboxylic acids is 1. The lowest BCUT2D eigenvalue weighted by Crippen LogP contribution is -2.42. The number of piperidine rings is 1. The number of hydrogen-bond acceptors (Lipinski definition) is 5. The fourth-order valence-corrected chi connectivity index (χ4v) is 3.25. The molecule has 6 nitrogen and oxygen atoms in total. The minimum absolute atomic E-state index is 0.0769. The van der Waals surface area contributed by atoms with Gasteiger partial charge < -0.3 is 15.0 Å². The molecule has 1 saturated heterocycles. The molecule has 0 aliphatic carbocycles. The number of nitrogens with one attached hydrogen (secondary N) is 1. The number of halogens is 1. The van der Waals surface area contributed by atoms with Crippen LogP contribution in [0.25, 0.3) is 0 Å². The van der Waals surface area contributed by atoms with Crippen molar-refractivity contribution in [2.45, 2.75) is 19.3 Å². The topological polar surface area (TPSA) is 67.4 Å². The molecule has 1 amide bonds. The van der Waals surface area contributed by atoms with Crippen LogP contribution in [-0.2, 0) is 11.2 Å². The summed E-state index contributed by atoms with van der Waals surface area (Å²) >= 11 is 0. The minimum atomic E-state index is -0.378. The second kappa shape index (κ2) is 8.60. The molecular formula is C19H23FN4O2. The third-order valence-electron chi connectivity index (χ3n) is 4.52. The van der Waals surface area contributed by atoms with Gasteiger partial charge in [-0.2, -0.15) is 0 Å². The standard InChI is InChI=1S/C19H23FN4O2/c1-21-19-17(22-7-8-23-19)10-14-4-3-9-24(12-14)18(25)13-26-16-6-2-5-15(20)11-16/h2,5-8,11,14H,3-4,9-10,12-13H2,1H3,(H,21,23)/t14-/m1/s1. The van der Waals surface area contributed by atoms with E-state index in [0.717, 1.165) is 37.3 Å². The number of hydrogen-bond donors (Lipinski definition) is 1. The largest absolute Gasteiger partial charge is 0.484 e. The number of nitrogens with zero attached hydrogens (tertiary/aromatic N) is 3. The van der Waals surface area contributed by atoms with Crippen LogP contribution in [0.15, 0.2) is 36.7 Å². The average molecular weight is 358 g/mol. The summed E-state index contributed by atoms with van der Waals surface area (Å²) < 4.78 is 18.6. The SMILES string of the molecule is CNc1nccnc1C[C@H]1CCCN(C(=O)COc2cccc(F)c2)C1. The maximum Gasteiger partial charge on any atom is 0.260 e. The molecule has 26 heavy (non-hydrogen) atoms. The fraction of sp³-hybridized carbons (Fsp3) is 0.421. The highest BCUT2D eigenvalue weighted by Crippen LogP contribution is 2.22. The normalized spacial score (nSPS) is 17.0. The Bertz CT molecular complexity index is 756. The Morgan fingerprint density at radius 1 is 1.38 bits per heavy atom. The van der Waals surface area contributed by atoms with E-state index in [1.54, 1.807) is 24.5 Å². The molecule has 2 aromatic rings. The van der Waals surface area contributed by atoms with E-state index in [0.29, 0.717) is 18.2 Å². The molecular weight excluding hydrogens is 335 g/mol. The molecule has 0 unspecified atom stereocenters. The van der Waals surface area contributed by atoms with Gasteiger partial charge in [-0.15, -0.1) is 0 Å². The molecule has 1 fully saturated rings. The maximum absolute atomic E-state index is 13.2. The zero-order valence-corrected chi connectivity index (χ0v) is 14.8. The van der Waals surface area contributed by atoms with Crippen LogP contribution in [0.2, 0.25) is 0 Å². The highest BCUT2D eigenvalue weighted by atomic mass is 19.1. The van der Waals surface area contributed by atoms with E-state index in [2.05, 4.69) is 15.3 Å². The van der Waals surface area contributed by atoms with Gasteiger partial charge in [0.1, 0.15) is 17.4 Å². The van der Waals surface area contributed by atoms with Gasteiger partial charge in [-0.3, -0.25) is 9.78 Å². The second-order valence-corrected chi connectivity index (χ2v) is 6.40. The van der Waals surface area contributed by atoms with Crippen LogP contribution in [0.3, 0.4) is 0 Å². The lowest BCUT2D eigenvalue weighted by Gasteiger charge is -2.32. The van der Waals surface area contributed by atoms with E-state index >= 15 is 0 Å². The monoisotopic (exact) mass is 358 g/mol. The Kier molecular flexibility index (Phi) is 5.99. The van der Waals surface area contributed by atoms with Gasteiger partial charge in [0.15, 0.2) is 6.61 Å². The average Bonchev–Trinajstić information content (AvgIpc) is 2.67. The summed E-state index contributed by atoms with van der Waals surface area (Å²) in [6, 6.07) is 5.82. The van der Waals surface area contributed by atoms with Crippen molar-refractivity contribution in [2.24, 2.45) is 5.92 Å². The van der Waals surface area contributed by atoms with Crippen molar-refractivity contribution in [1.82, 2.24) is 14.9 Å². The van der Waals surface area contributed by atoms with Gasteiger partial charge in [-0.25, -0.2) is 9.37 Å². The molecule has 1 atom stereocenters. The number of benzene rings is 1. The van der Waals surface area contributed by atoms with Gasteiger partial charge in [0, 0.05) is 38.6 Å². The summed E-state index contributed by atoms with van der Waals surface area (Å²) in [5.74, 6) is 1.03. The van der Waals surface area contributed by atoms with E-state index in [1.807, 2.05) is 11.9 Å². The molecule has 1 aromatic carbocycles. The Morgan fingerprint density at radius 2 is 2.23 bits per heavy atom. The predicted octanol–water partition coefficient (Wildman–Crippen LogP) is 2.52. The molecule has 1 N–H and O–H groups in total. The lowest BCUT2D eigenvalue weighted by molar-refractivity contribution is -0.135. The first-order valence-electron chi connectivity index (χ1n) is 8.79. The van der Waals surface area contributed by atoms with Crippen molar-refractivity contribution in [3.8, 4) is 5.75 Å². The van der Waals surface area contributed by atoms with E-state index in [4.69, 9.17) is 4.74 Å². The summed E-state index contributed by atoms with van der Waals surface area (Å²) in [7, 11) is 1.83. The van der Waals surface area contributed by atoms with E-state index < -0.39 is 0 Å². The zero-order valence-electron chi connectivity index (χ0n) is 14.8. The Balaban J connectivity index is 1.55. The number of rotatable bonds is 6. The highest BCUT2D eigenvalue weighted by molar-refractivity contribution is 5.77. The number of likely N-dealkylation sites (tertiary alicyclic amines) is 1. The third kappa shape index (κ3) is 4.68. The molecule has 0 bridgehead atoms. The van der Waals surface area contributed by atoms with Crippen molar-refractivity contribution in [2.75, 3.05) is 32.1 Å². The first-order valence-corrected chi connectivity index (χ1v) is 8.79. The highest BCUT2D eigenvalue weighted by Gasteiger charge is 2.25. The number of anilines is 1. The van der Waals surface area contributed by atoms with E-state index in [1.165, 1.54) is 12.1 Å². The zero-order chi connectivity index (χ0) is 18.4. The molecule has 0 spiro atoms. The molecule has 3 rings (SSSR count).